The van der Waals surface area contributed by atoms with E-state index in [0.717, 1.165) is 30.1 Å². The summed E-state index contributed by atoms with van der Waals surface area (Å²) in [6.07, 6.45) is 2.67. The molecule has 0 saturated heterocycles. The van der Waals surface area contributed by atoms with Crippen LogP contribution in [-0.2, 0) is 0 Å². The lowest BCUT2D eigenvalue weighted by molar-refractivity contribution is 0.130. The lowest BCUT2D eigenvalue weighted by Gasteiger charge is -2.22. The Bertz CT molecular complexity index is 389. The number of ether oxygens (including phenoxy) is 3. The monoisotopic (exact) mass is 236 g/mol. The fourth-order valence-corrected chi connectivity index (χ4v) is 1.52. The van der Waals surface area contributed by atoms with Gasteiger partial charge in [-0.05, 0) is 33.6 Å². The number of methoxy groups -OCH3 is 1. The second kappa shape index (κ2) is 4.47. The highest BCUT2D eigenvalue weighted by Crippen LogP contribution is 2.33. The topological polar surface area (TPSA) is 27.7 Å². The van der Waals surface area contributed by atoms with Crippen LogP contribution in [0.2, 0.25) is 0 Å². The summed E-state index contributed by atoms with van der Waals surface area (Å²) >= 11 is 0. The van der Waals surface area contributed by atoms with Gasteiger partial charge < -0.3 is 14.2 Å². The molecule has 1 aliphatic carbocycles. The van der Waals surface area contributed by atoms with Gasteiger partial charge in [-0.15, -0.1) is 0 Å². The van der Waals surface area contributed by atoms with E-state index in [9.17, 15) is 0 Å². The second-order valence-electron chi connectivity index (χ2n) is 5.38. The highest BCUT2D eigenvalue weighted by Gasteiger charge is 2.24. The Morgan fingerprint density at radius 3 is 2.12 bits per heavy atom. The lowest BCUT2D eigenvalue weighted by atomic mass is 10.2. The molecule has 94 valence electrons. The third-order valence-electron chi connectivity index (χ3n) is 2.34. The molecule has 0 bridgehead atoms. The Labute approximate surface area is 103 Å². The molecule has 0 heterocycles. The first-order chi connectivity index (χ1) is 7.96. The zero-order valence-corrected chi connectivity index (χ0v) is 10.9. The van der Waals surface area contributed by atoms with Gasteiger partial charge in [-0.1, -0.05) is 0 Å². The van der Waals surface area contributed by atoms with Crippen LogP contribution in [0.25, 0.3) is 0 Å². The molecule has 1 fully saturated rings. The van der Waals surface area contributed by atoms with Crippen LogP contribution in [0.3, 0.4) is 0 Å². The van der Waals surface area contributed by atoms with Gasteiger partial charge in [0.1, 0.15) is 22.8 Å². The summed E-state index contributed by atoms with van der Waals surface area (Å²) in [7, 11) is 1.65. The van der Waals surface area contributed by atoms with Crippen LogP contribution in [0, 0.1) is 0 Å². The maximum Gasteiger partial charge on any atom is 0.127 e. The van der Waals surface area contributed by atoms with Gasteiger partial charge in [0.25, 0.3) is 0 Å². The third kappa shape index (κ3) is 3.84. The minimum atomic E-state index is -0.219. The Hall–Kier alpha value is -1.38. The zero-order chi connectivity index (χ0) is 12.5. The highest BCUT2D eigenvalue weighted by molar-refractivity contribution is 5.42. The lowest BCUT2D eigenvalue weighted by Crippen LogP contribution is -2.22. The Morgan fingerprint density at radius 2 is 1.59 bits per heavy atom. The van der Waals surface area contributed by atoms with Crippen molar-refractivity contribution in [3.8, 4) is 17.2 Å². The van der Waals surface area contributed by atoms with Crippen molar-refractivity contribution in [3.63, 3.8) is 0 Å². The van der Waals surface area contributed by atoms with Gasteiger partial charge in [0.2, 0.25) is 0 Å². The third-order valence-corrected chi connectivity index (χ3v) is 2.34. The van der Waals surface area contributed by atoms with E-state index in [0.29, 0.717) is 6.10 Å². The second-order valence-corrected chi connectivity index (χ2v) is 5.38. The van der Waals surface area contributed by atoms with E-state index in [-0.39, 0.29) is 5.60 Å². The van der Waals surface area contributed by atoms with Crippen LogP contribution in [0.4, 0.5) is 0 Å². The Balaban J connectivity index is 2.18. The molecule has 3 nitrogen and oxygen atoms in total. The summed E-state index contributed by atoms with van der Waals surface area (Å²) in [6, 6.07) is 5.70. The zero-order valence-electron chi connectivity index (χ0n) is 10.9. The molecule has 2 rings (SSSR count). The minimum Gasteiger partial charge on any atom is -0.496 e. The van der Waals surface area contributed by atoms with Gasteiger partial charge in [0, 0.05) is 18.2 Å². The first kappa shape index (κ1) is 12.1. The molecule has 0 atom stereocenters. The molecular weight excluding hydrogens is 216 g/mol. The van der Waals surface area contributed by atoms with E-state index >= 15 is 0 Å². The molecule has 1 aliphatic rings. The van der Waals surface area contributed by atoms with Crippen molar-refractivity contribution in [1.29, 1.82) is 0 Å². The largest absolute Gasteiger partial charge is 0.496 e. The maximum absolute atomic E-state index is 5.83. The first-order valence-electron chi connectivity index (χ1n) is 6.01. The molecule has 0 amide bonds. The van der Waals surface area contributed by atoms with Crippen molar-refractivity contribution in [3.05, 3.63) is 18.2 Å². The molecule has 0 aliphatic heterocycles. The molecular formula is C14H20O3. The van der Waals surface area contributed by atoms with Gasteiger partial charge >= 0.3 is 0 Å². The van der Waals surface area contributed by atoms with Crippen LogP contribution >= 0.6 is 0 Å². The van der Waals surface area contributed by atoms with Gasteiger partial charge in [-0.25, -0.2) is 0 Å². The van der Waals surface area contributed by atoms with E-state index < -0.39 is 0 Å². The van der Waals surface area contributed by atoms with Crippen LogP contribution in [-0.4, -0.2) is 18.8 Å². The molecule has 0 unspecified atom stereocenters. The quantitative estimate of drug-likeness (QED) is 0.801. The number of benzene rings is 1. The van der Waals surface area contributed by atoms with Crippen LogP contribution < -0.4 is 14.2 Å². The minimum absolute atomic E-state index is 0.219. The van der Waals surface area contributed by atoms with Crippen molar-refractivity contribution >= 4 is 0 Å². The van der Waals surface area contributed by atoms with Gasteiger partial charge in [-0.2, -0.15) is 0 Å². The van der Waals surface area contributed by atoms with E-state index in [4.69, 9.17) is 14.2 Å². The van der Waals surface area contributed by atoms with E-state index in [1.807, 2.05) is 39.0 Å². The van der Waals surface area contributed by atoms with Crippen molar-refractivity contribution in [2.24, 2.45) is 0 Å². The van der Waals surface area contributed by atoms with Crippen LogP contribution in [0.15, 0.2) is 18.2 Å². The molecule has 0 N–H and O–H groups in total. The van der Waals surface area contributed by atoms with Crippen molar-refractivity contribution in [1.82, 2.24) is 0 Å². The van der Waals surface area contributed by atoms with E-state index in [1.54, 1.807) is 7.11 Å². The predicted molar refractivity (Wildman–Crippen MR) is 67.0 cm³/mol. The van der Waals surface area contributed by atoms with Crippen molar-refractivity contribution in [2.45, 2.75) is 45.3 Å². The number of hydrogen-bond donors (Lipinski definition) is 0. The predicted octanol–water partition coefficient (Wildman–Crippen LogP) is 3.41. The van der Waals surface area contributed by atoms with E-state index in [2.05, 4.69) is 0 Å². The SMILES string of the molecule is COc1cc(OC2CC2)cc(OC(C)(C)C)c1. The maximum atomic E-state index is 5.83. The van der Waals surface area contributed by atoms with Crippen LogP contribution in [0.5, 0.6) is 17.2 Å². The summed E-state index contributed by atoms with van der Waals surface area (Å²) in [5.41, 5.74) is -0.219. The fourth-order valence-electron chi connectivity index (χ4n) is 1.52. The standard InChI is InChI=1S/C14H20O3/c1-14(2,3)17-13-8-11(15-4)7-12(9-13)16-10-5-6-10/h7-10H,5-6H2,1-4H3. The van der Waals surface area contributed by atoms with Gasteiger partial charge in [0.05, 0.1) is 13.2 Å². The Morgan fingerprint density at radius 1 is 1.00 bits per heavy atom. The van der Waals surface area contributed by atoms with Gasteiger partial charge in [0.15, 0.2) is 0 Å². The molecule has 0 spiro atoms. The summed E-state index contributed by atoms with van der Waals surface area (Å²) in [6.45, 7) is 6.07. The normalized spacial score (nSPS) is 15.5. The van der Waals surface area contributed by atoms with E-state index in [1.165, 1.54) is 0 Å². The van der Waals surface area contributed by atoms with Crippen LogP contribution in [0.1, 0.15) is 33.6 Å². The highest BCUT2D eigenvalue weighted by atomic mass is 16.5. The smallest absolute Gasteiger partial charge is 0.127 e. The molecule has 17 heavy (non-hydrogen) atoms. The number of rotatable bonds is 4. The molecule has 1 saturated carbocycles. The average molecular weight is 236 g/mol. The first-order valence-corrected chi connectivity index (χ1v) is 6.01. The summed E-state index contributed by atoms with van der Waals surface area (Å²) in [5.74, 6) is 2.38. The fraction of sp³-hybridized carbons (Fsp3) is 0.571. The summed E-state index contributed by atoms with van der Waals surface area (Å²) in [4.78, 5) is 0. The summed E-state index contributed by atoms with van der Waals surface area (Å²) in [5, 5.41) is 0. The van der Waals surface area contributed by atoms with Crippen molar-refractivity contribution < 1.29 is 14.2 Å². The average Bonchev–Trinajstić information content (AvgIpc) is 2.98. The van der Waals surface area contributed by atoms with Gasteiger partial charge in [-0.3, -0.25) is 0 Å². The molecule has 3 heteroatoms. The molecule has 1 aromatic carbocycles. The molecule has 0 aromatic heterocycles. The summed E-state index contributed by atoms with van der Waals surface area (Å²) < 4.78 is 16.8. The Kier molecular flexibility index (Phi) is 3.18. The number of hydrogen-bond acceptors (Lipinski definition) is 3. The van der Waals surface area contributed by atoms with Crippen molar-refractivity contribution in [2.75, 3.05) is 7.11 Å². The molecule has 1 aromatic rings. The molecule has 0 radical (unpaired) electrons.